The molecule has 1 aliphatic heterocycles. The van der Waals surface area contributed by atoms with Gasteiger partial charge in [0.05, 0.1) is 24.2 Å². The molecule has 1 aliphatic rings. The van der Waals surface area contributed by atoms with Crippen LogP contribution < -0.4 is 5.06 Å². The Balaban J connectivity index is 1.33. The number of anilines is 1. The van der Waals surface area contributed by atoms with Gasteiger partial charge in [-0.3, -0.25) is 14.5 Å². The third-order valence-corrected chi connectivity index (χ3v) is 5.75. The number of aromatic amines is 1. The summed E-state index contributed by atoms with van der Waals surface area (Å²) < 4.78 is 14.1. The normalized spacial score (nSPS) is 19.8. The van der Waals surface area contributed by atoms with Crippen LogP contribution in [0.3, 0.4) is 0 Å². The maximum atomic E-state index is 14.1. The van der Waals surface area contributed by atoms with Gasteiger partial charge in [0.25, 0.3) is 0 Å². The van der Waals surface area contributed by atoms with E-state index in [-0.39, 0.29) is 11.6 Å². The number of benzene rings is 2. The number of para-hydroxylation sites is 3. The van der Waals surface area contributed by atoms with Crippen LogP contribution in [-0.4, -0.2) is 40.5 Å². The zero-order chi connectivity index (χ0) is 21.1. The minimum absolute atomic E-state index is 0.153. The Kier molecular flexibility index (Phi) is 6.11. The molecule has 7 heteroatoms. The number of nitrogens with zero attached hydrogens (tertiary/aromatic N) is 3. The van der Waals surface area contributed by atoms with Gasteiger partial charge in [-0.15, -0.1) is 0 Å². The molecule has 1 amide bonds. The maximum Gasteiger partial charge on any atom is 0.247 e. The molecule has 2 atom stereocenters. The molecule has 0 unspecified atom stereocenters. The Morgan fingerprint density at radius 3 is 2.77 bits per heavy atom. The lowest BCUT2D eigenvalue weighted by Gasteiger charge is -2.37. The number of amides is 1. The van der Waals surface area contributed by atoms with E-state index in [0.717, 1.165) is 48.0 Å². The Morgan fingerprint density at radius 1 is 1.27 bits per heavy atom. The van der Waals surface area contributed by atoms with Crippen molar-refractivity contribution in [3.63, 3.8) is 0 Å². The highest BCUT2D eigenvalue weighted by Crippen LogP contribution is 2.27. The van der Waals surface area contributed by atoms with E-state index in [0.29, 0.717) is 18.4 Å². The molecule has 2 heterocycles. The van der Waals surface area contributed by atoms with Gasteiger partial charge in [-0.05, 0) is 49.1 Å². The fourth-order valence-corrected chi connectivity index (χ4v) is 4.08. The number of imidazole rings is 1. The van der Waals surface area contributed by atoms with Crippen molar-refractivity contribution in [3.8, 4) is 0 Å². The second-order valence-corrected chi connectivity index (χ2v) is 8.02. The van der Waals surface area contributed by atoms with E-state index < -0.39 is 5.82 Å². The molecule has 0 saturated carbocycles. The highest BCUT2D eigenvalue weighted by atomic mass is 19.1. The van der Waals surface area contributed by atoms with Crippen molar-refractivity contribution in [2.75, 3.05) is 24.8 Å². The molecule has 3 aromatic rings. The molecule has 0 spiro atoms. The Hall–Kier alpha value is -2.77. The van der Waals surface area contributed by atoms with Gasteiger partial charge >= 0.3 is 0 Å². The third-order valence-electron chi connectivity index (χ3n) is 5.75. The molecule has 30 heavy (non-hydrogen) atoms. The largest absolute Gasteiger partial charge is 0.341 e. The molecule has 0 aliphatic carbocycles. The lowest BCUT2D eigenvalue weighted by atomic mass is 9.87. The number of hydrogen-bond acceptors (Lipinski definition) is 4. The van der Waals surface area contributed by atoms with Crippen molar-refractivity contribution < 1.29 is 14.0 Å². The molecule has 1 saturated heterocycles. The van der Waals surface area contributed by atoms with Crippen molar-refractivity contribution in [2.45, 2.75) is 26.8 Å². The number of carbonyl (C=O) groups excluding carboxylic acids is 1. The minimum atomic E-state index is -0.471. The van der Waals surface area contributed by atoms with Crippen LogP contribution in [-0.2, 0) is 16.2 Å². The van der Waals surface area contributed by atoms with Gasteiger partial charge in [0.15, 0.2) is 0 Å². The molecule has 1 N–H and O–H groups in total. The SMILES string of the molecule is CC(=O)N(OC[C@H]1CCN(Cc2nc3ccccc3[nH]2)C[C@@H]1C)c1ccccc1F. The van der Waals surface area contributed by atoms with Gasteiger partial charge in [-0.1, -0.05) is 31.2 Å². The minimum Gasteiger partial charge on any atom is -0.341 e. The second-order valence-electron chi connectivity index (χ2n) is 8.02. The van der Waals surface area contributed by atoms with Crippen LogP contribution in [0.2, 0.25) is 0 Å². The fraction of sp³-hybridized carbons (Fsp3) is 0.391. The summed E-state index contributed by atoms with van der Waals surface area (Å²) in [7, 11) is 0. The predicted octanol–water partition coefficient (Wildman–Crippen LogP) is 4.14. The molecule has 4 rings (SSSR count). The fourth-order valence-electron chi connectivity index (χ4n) is 4.08. The highest BCUT2D eigenvalue weighted by Gasteiger charge is 2.28. The highest BCUT2D eigenvalue weighted by molar-refractivity contribution is 5.89. The van der Waals surface area contributed by atoms with Crippen molar-refractivity contribution in [3.05, 3.63) is 60.2 Å². The van der Waals surface area contributed by atoms with Gasteiger partial charge in [-0.25, -0.2) is 9.37 Å². The van der Waals surface area contributed by atoms with E-state index in [9.17, 15) is 9.18 Å². The summed E-state index contributed by atoms with van der Waals surface area (Å²) >= 11 is 0. The topological polar surface area (TPSA) is 61.5 Å². The van der Waals surface area contributed by atoms with E-state index in [1.54, 1.807) is 18.2 Å². The molecule has 6 nitrogen and oxygen atoms in total. The van der Waals surface area contributed by atoms with Gasteiger partial charge in [-0.2, -0.15) is 5.06 Å². The Labute approximate surface area is 175 Å². The Morgan fingerprint density at radius 2 is 2.03 bits per heavy atom. The smallest absolute Gasteiger partial charge is 0.247 e. The number of hydrogen-bond donors (Lipinski definition) is 1. The molecule has 1 fully saturated rings. The lowest BCUT2D eigenvalue weighted by Crippen LogP contribution is -2.42. The van der Waals surface area contributed by atoms with Crippen LogP contribution in [0.25, 0.3) is 11.0 Å². The van der Waals surface area contributed by atoms with Gasteiger partial charge in [0, 0.05) is 13.5 Å². The van der Waals surface area contributed by atoms with Gasteiger partial charge in [0.1, 0.15) is 17.3 Å². The average molecular weight is 410 g/mol. The molecular weight excluding hydrogens is 383 g/mol. The maximum absolute atomic E-state index is 14.1. The molecule has 0 radical (unpaired) electrons. The molecular formula is C23H27FN4O2. The monoisotopic (exact) mass is 410 g/mol. The molecule has 0 bridgehead atoms. The Bertz CT molecular complexity index is 988. The number of rotatable bonds is 6. The van der Waals surface area contributed by atoms with Crippen molar-refractivity contribution in [2.24, 2.45) is 11.8 Å². The number of likely N-dealkylation sites (tertiary alicyclic amines) is 1. The number of carbonyl (C=O) groups is 1. The molecule has 158 valence electrons. The van der Waals surface area contributed by atoms with E-state index >= 15 is 0 Å². The van der Waals surface area contributed by atoms with E-state index in [2.05, 4.69) is 21.8 Å². The number of piperidine rings is 1. The first-order valence-corrected chi connectivity index (χ1v) is 10.4. The standard InChI is InChI=1S/C23H27FN4O2/c1-16-13-27(14-23-25-20-8-4-5-9-21(20)26-23)12-11-18(16)15-30-28(17(2)29)22-10-6-3-7-19(22)24/h3-10,16,18H,11-15H2,1-2H3,(H,25,26)/t16-,18+/m0/s1. The summed E-state index contributed by atoms with van der Waals surface area (Å²) in [5.74, 6) is 0.847. The number of H-pyrrole nitrogens is 1. The number of aromatic nitrogens is 2. The van der Waals surface area contributed by atoms with Crippen LogP contribution in [0.15, 0.2) is 48.5 Å². The summed E-state index contributed by atoms with van der Waals surface area (Å²) in [5.41, 5.74) is 2.20. The van der Waals surface area contributed by atoms with Crippen molar-refractivity contribution in [1.82, 2.24) is 14.9 Å². The van der Waals surface area contributed by atoms with Crippen LogP contribution in [0.1, 0.15) is 26.1 Å². The third kappa shape index (κ3) is 4.52. The average Bonchev–Trinajstić information content (AvgIpc) is 3.13. The first-order chi connectivity index (χ1) is 14.5. The van der Waals surface area contributed by atoms with Crippen molar-refractivity contribution in [1.29, 1.82) is 0 Å². The van der Waals surface area contributed by atoms with Crippen LogP contribution >= 0.6 is 0 Å². The van der Waals surface area contributed by atoms with Crippen molar-refractivity contribution >= 4 is 22.6 Å². The number of nitrogens with one attached hydrogen (secondary N) is 1. The summed E-state index contributed by atoms with van der Waals surface area (Å²) in [4.78, 5) is 28.2. The van der Waals surface area contributed by atoms with E-state index in [1.807, 2.05) is 24.3 Å². The molecule has 2 aromatic carbocycles. The van der Waals surface area contributed by atoms with E-state index in [1.165, 1.54) is 13.0 Å². The quantitative estimate of drug-likeness (QED) is 0.621. The summed E-state index contributed by atoms with van der Waals surface area (Å²) in [5, 5.41) is 1.07. The summed E-state index contributed by atoms with van der Waals surface area (Å²) in [6, 6.07) is 14.2. The van der Waals surface area contributed by atoms with Crippen LogP contribution in [0, 0.1) is 17.7 Å². The zero-order valence-corrected chi connectivity index (χ0v) is 17.3. The zero-order valence-electron chi connectivity index (χ0n) is 17.3. The van der Waals surface area contributed by atoms with E-state index in [4.69, 9.17) is 4.84 Å². The van der Waals surface area contributed by atoms with Crippen LogP contribution in [0.4, 0.5) is 10.1 Å². The predicted molar refractivity (Wildman–Crippen MR) is 114 cm³/mol. The summed E-state index contributed by atoms with van der Waals surface area (Å²) in [6.45, 7) is 6.58. The first kappa shape index (κ1) is 20.5. The number of fused-ring (bicyclic) bond motifs is 1. The second kappa shape index (κ2) is 8.93. The van der Waals surface area contributed by atoms with Gasteiger partial charge < -0.3 is 4.98 Å². The molecule has 1 aromatic heterocycles. The number of hydroxylamine groups is 1. The number of halogens is 1. The van der Waals surface area contributed by atoms with Gasteiger partial charge in [0.2, 0.25) is 5.91 Å². The lowest BCUT2D eigenvalue weighted by molar-refractivity contribution is -0.125. The first-order valence-electron chi connectivity index (χ1n) is 10.4. The summed E-state index contributed by atoms with van der Waals surface area (Å²) in [6.07, 6.45) is 0.949. The van der Waals surface area contributed by atoms with Crippen LogP contribution in [0.5, 0.6) is 0 Å².